The van der Waals surface area contributed by atoms with E-state index in [1.54, 1.807) is 0 Å². The first-order valence-electron chi connectivity index (χ1n) is 8.73. The maximum absolute atomic E-state index is 13.5. The molecule has 5 nitrogen and oxygen atoms in total. The Kier molecular flexibility index (Phi) is 4.43. The van der Waals surface area contributed by atoms with Crippen LogP contribution in [-0.4, -0.2) is 22.6 Å². The van der Waals surface area contributed by atoms with Crippen LogP contribution in [0.2, 0.25) is 0 Å². The third-order valence-corrected chi connectivity index (χ3v) is 4.75. The number of carbonyl (C=O) groups is 1. The molecule has 1 aliphatic rings. The van der Waals surface area contributed by atoms with Crippen LogP contribution in [0.15, 0.2) is 47.0 Å². The summed E-state index contributed by atoms with van der Waals surface area (Å²) in [5.41, 5.74) is 2.37. The van der Waals surface area contributed by atoms with Crippen molar-refractivity contribution < 1.29 is 18.1 Å². The molecule has 2 aromatic carbocycles. The van der Waals surface area contributed by atoms with Crippen molar-refractivity contribution in [3.05, 3.63) is 65.6 Å². The smallest absolute Gasteiger partial charge is 0.232 e. The van der Waals surface area contributed by atoms with Gasteiger partial charge in [-0.1, -0.05) is 36.3 Å². The number of anilines is 1. The van der Waals surface area contributed by atoms with E-state index in [0.29, 0.717) is 17.4 Å². The third kappa shape index (κ3) is 3.32. The Balaban J connectivity index is 1.53. The molecular weight excluding hydrogens is 352 g/mol. The van der Waals surface area contributed by atoms with Gasteiger partial charge in [0.2, 0.25) is 17.6 Å². The average Bonchev–Trinajstić information content (AvgIpc) is 3.31. The summed E-state index contributed by atoms with van der Waals surface area (Å²) in [5, 5.41) is 4.01. The predicted octanol–water partition coefficient (Wildman–Crippen LogP) is 4.10. The van der Waals surface area contributed by atoms with E-state index >= 15 is 0 Å². The molecule has 0 radical (unpaired) electrons. The second-order valence-electron chi connectivity index (χ2n) is 6.51. The van der Waals surface area contributed by atoms with Gasteiger partial charge in [0.15, 0.2) is 11.6 Å². The SMILES string of the molecule is CCc1ccc(-c2noc(C3CC(=O)N(c4ccc(F)c(F)c4)C3)n2)cc1. The van der Waals surface area contributed by atoms with E-state index in [-0.39, 0.29) is 24.8 Å². The van der Waals surface area contributed by atoms with Gasteiger partial charge < -0.3 is 9.42 Å². The first-order chi connectivity index (χ1) is 13.0. The molecule has 0 N–H and O–H groups in total. The number of rotatable bonds is 4. The van der Waals surface area contributed by atoms with Gasteiger partial charge >= 0.3 is 0 Å². The first kappa shape index (κ1) is 17.3. The second-order valence-corrected chi connectivity index (χ2v) is 6.51. The summed E-state index contributed by atoms with van der Waals surface area (Å²) < 4.78 is 32.0. The van der Waals surface area contributed by atoms with Crippen molar-refractivity contribution in [3.8, 4) is 11.4 Å². The quantitative estimate of drug-likeness (QED) is 0.695. The molecule has 0 spiro atoms. The fourth-order valence-electron chi connectivity index (χ4n) is 3.18. The molecule has 7 heteroatoms. The van der Waals surface area contributed by atoms with Gasteiger partial charge in [0.25, 0.3) is 0 Å². The van der Waals surface area contributed by atoms with E-state index in [9.17, 15) is 13.6 Å². The highest BCUT2D eigenvalue weighted by Crippen LogP contribution is 2.32. The topological polar surface area (TPSA) is 59.2 Å². The lowest BCUT2D eigenvalue weighted by atomic mass is 10.1. The summed E-state index contributed by atoms with van der Waals surface area (Å²) in [4.78, 5) is 18.2. The Morgan fingerprint density at radius 3 is 2.63 bits per heavy atom. The molecule has 138 valence electrons. The summed E-state index contributed by atoms with van der Waals surface area (Å²) in [6.45, 7) is 2.36. The van der Waals surface area contributed by atoms with Gasteiger partial charge in [-0.05, 0) is 24.1 Å². The van der Waals surface area contributed by atoms with Crippen molar-refractivity contribution in [1.29, 1.82) is 0 Å². The largest absolute Gasteiger partial charge is 0.339 e. The molecule has 27 heavy (non-hydrogen) atoms. The minimum atomic E-state index is -0.987. The maximum atomic E-state index is 13.5. The summed E-state index contributed by atoms with van der Waals surface area (Å²) in [7, 11) is 0. The highest BCUT2D eigenvalue weighted by atomic mass is 19.2. The van der Waals surface area contributed by atoms with Gasteiger partial charge in [0.1, 0.15) is 0 Å². The first-order valence-corrected chi connectivity index (χ1v) is 8.73. The van der Waals surface area contributed by atoms with E-state index in [4.69, 9.17) is 4.52 Å². The summed E-state index contributed by atoms with van der Waals surface area (Å²) in [6, 6.07) is 11.3. The molecule has 1 atom stereocenters. The summed E-state index contributed by atoms with van der Waals surface area (Å²) in [6.07, 6.45) is 1.12. The molecule has 0 aliphatic carbocycles. The van der Waals surface area contributed by atoms with Crippen LogP contribution in [-0.2, 0) is 11.2 Å². The van der Waals surface area contributed by atoms with E-state index in [1.165, 1.54) is 16.5 Å². The Hall–Kier alpha value is -3.09. The van der Waals surface area contributed by atoms with Crippen molar-refractivity contribution >= 4 is 11.6 Å². The fraction of sp³-hybridized carbons (Fsp3) is 0.250. The highest BCUT2D eigenvalue weighted by Gasteiger charge is 2.35. The van der Waals surface area contributed by atoms with Crippen molar-refractivity contribution in [2.45, 2.75) is 25.7 Å². The van der Waals surface area contributed by atoms with Crippen molar-refractivity contribution in [3.63, 3.8) is 0 Å². The zero-order chi connectivity index (χ0) is 19.0. The predicted molar refractivity (Wildman–Crippen MR) is 95.2 cm³/mol. The lowest BCUT2D eigenvalue weighted by Crippen LogP contribution is -2.24. The Morgan fingerprint density at radius 1 is 1.15 bits per heavy atom. The molecule has 1 aromatic heterocycles. The zero-order valence-electron chi connectivity index (χ0n) is 14.7. The Bertz CT molecular complexity index is 985. The zero-order valence-corrected chi connectivity index (χ0v) is 14.7. The van der Waals surface area contributed by atoms with Gasteiger partial charge in [-0.25, -0.2) is 8.78 Å². The monoisotopic (exact) mass is 369 g/mol. The molecule has 0 bridgehead atoms. The van der Waals surface area contributed by atoms with Gasteiger partial charge in [0.05, 0.1) is 5.92 Å². The molecular formula is C20H17F2N3O2. The standard InChI is InChI=1S/C20H17F2N3O2/c1-2-12-3-5-13(6-4-12)19-23-20(27-24-19)14-9-18(26)25(11-14)15-7-8-16(21)17(22)10-15/h3-8,10,14H,2,9,11H2,1H3. The molecule has 1 aliphatic heterocycles. The Morgan fingerprint density at radius 2 is 1.93 bits per heavy atom. The number of halogens is 2. The van der Waals surface area contributed by atoms with Crippen LogP contribution in [0.1, 0.15) is 30.7 Å². The van der Waals surface area contributed by atoms with Crippen molar-refractivity contribution in [2.75, 3.05) is 11.4 Å². The van der Waals surface area contributed by atoms with Crippen LogP contribution in [0, 0.1) is 11.6 Å². The van der Waals surface area contributed by atoms with E-state index in [0.717, 1.165) is 24.1 Å². The molecule has 1 amide bonds. The van der Waals surface area contributed by atoms with E-state index in [1.807, 2.05) is 24.3 Å². The lowest BCUT2D eigenvalue weighted by molar-refractivity contribution is -0.117. The van der Waals surface area contributed by atoms with E-state index in [2.05, 4.69) is 17.1 Å². The molecule has 0 saturated carbocycles. The van der Waals surface area contributed by atoms with E-state index < -0.39 is 11.6 Å². The number of hydrogen-bond acceptors (Lipinski definition) is 4. The van der Waals surface area contributed by atoms with Crippen LogP contribution in [0.5, 0.6) is 0 Å². The number of hydrogen-bond donors (Lipinski definition) is 0. The second kappa shape index (κ2) is 6.90. The van der Waals surface area contributed by atoms with Crippen LogP contribution >= 0.6 is 0 Å². The minimum Gasteiger partial charge on any atom is -0.339 e. The third-order valence-electron chi connectivity index (χ3n) is 4.75. The average molecular weight is 369 g/mol. The molecule has 4 rings (SSSR count). The molecule has 1 unspecified atom stereocenters. The summed E-state index contributed by atoms with van der Waals surface area (Å²) in [5.74, 6) is -1.59. The summed E-state index contributed by atoms with van der Waals surface area (Å²) >= 11 is 0. The molecule has 1 fully saturated rings. The molecule has 1 saturated heterocycles. The van der Waals surface area contributed by atoms with Crippen LogP contribution < -0.4 is 4.90 Å². The highest BCUT2D eigenvalue weighted by molar-refractivity contribution is 5.96. The van der Waals surface area contributed by atoms with Crippen LogP contribution in [0.4, 0.5) is 14.5 Å². The molecule has 2 heterocycles. The van der Waals surface area contributed by atoms with Gasteiger partial charge in [-0.2, -0.15) is 4.98 Å². The number of amides is 1. The fourth-order valence-corrected chi connectivity index (χ4v) is 3.18. The number of aromatic nitrogens is 2. The number of carbonyl (C=O) groups excluding carboxylic acids is 1. The number of aryl methyl sites for hydroxylation is 1. The van der Waals surface area contributed by atoms with Crippen LogP contribution in [0.3, 0.4) is 0 Å². The van der Waals surface area contributed by atoms with Gasteiger partial charge in [0, 0.05) is 30.3 Å². The Labute approximate surface area is 154 Å². The minimum absolute atomic E-state index is 0.176. The number of nitrogens with zero attached hydrogens (tertiary/aromatic N) is 3. The van der Waals surface area contributed by atoms with Crippen molar-refractivity contribution in [1.82, 2.24) is 10.1 Å². The van der Waals surface area contributed by atoms with Gasteiger partial charge in [-0.15, -0.1) is 0 Å². The maximum Gasteiger partial charge on any atom is 0.232 e. The normalized spacial score (nSPS) is 16.9. The number of benzene rings is 2. The molecule has 3 aromatic rings. The van der Waals surface area contributed by atoms with Crippen molar-refractivity contribution in [2.24, 2.45) is 0 Å². The van der Waals surface area contributed by atoms with Gasteiger partial charge in [-0.3, -0.25) is 4.79 Å². The van der Waals surface area contributed by atoms with Crippen LogP contribution in [0.25, 0.3) is 11.4 Å². The lowest BCUT2D eigenvalue weighted by Gasteiger charge is -2.16.